The second-order valence-corrected chi connectivity index (χ2v) is 6.04. The van der Waals surface area contributed by atoms with Crippen LogP contribution < -0.4 is 4.90 Å². The molecule has 1 atom stereocenters. The van der Waals surface area contributed by atoms with Crippen molar-refractivity contribution in [3.63, 3.8) is 0 Å². The van der Waals surface area contributed by atoms with Gasteiger partial charge in [0.2, 0.25) is 5.95 Å². The van der Waals surface area contributed by atoms with E-state index in [4.69, 9.17) is 0 Å². The Morgan fingerprint density at radius 1 is 1.50 bits per heavy atom. The number of Topliss-reactive ketones (excluding diaryl/α,β-unsaturated/α-hetero) is 1. The van der Waals surface area contributed by atoms with Crippen molar-refractivity contribution in [3.05, 3.63) is 40.3 Å². The van der Waals surface area contributed by atoms with Crippen LogP contribution in [0.5, 0.6) is 0 Å². The largest absolute Gasteiger partial charge is 0.337 e. The summed E-state index contributed by atoms with van der Waals surface area (Å²) in [6.45, 7) is 2.90. The normalized spacial score (nSPS) is 18.4. The van der Waals surface area contributed by atoms with Gasteiger partial charge in [-0.05, 0) is 37.3 Å². The van der Waals surface area contributed by atoms with Crippen LogP contribution in [0.2, 0.25) is 0 Å². The molecule has 1 fully saturated rings. The highest BCUT2D eigenvalue weighted by Crippen LogP contribution is 2.26. The highest BCUT2D eigenvalue weighted by molar-refractivity contribution is 7.12. The summed E-state index contributed by atoms with van der Waals surface area (Å²) >= 11 is 1.51. The lowest BCUT2D eigenvalue weighted by Crippen LogP contribution is -2.32. The first-order chi connectivity index (χ1) is 9.74. The molecule has 1 aliphatic heterocycles. The van der Waals surface area contributed by atoms with E-state index in [-0.39, 0.29) is 11.8 Å². The van der Waals surface area contributed by atoms with Crippen LogP contribution in [-0.4, -0.2) is 28.3 Å². The van der Waals surface area contributed by atoms with E-state index >= 15 is 0 Å². The van der Waals surface area contributed by atoms with Crippen molar-refractivity contribution in [2.75, 3.05) is 11.4 Å². The van der Waals surface area contributed by atoms with Crippen molar-refractivity contribution < 1.29 is 4.79 Å². The summed E-state index contributed by atoms with van der Waals surface area (Å²) in [5.41, 5.74) is 0.963. The van der Waals surface area contributed by atoms with Crippen LogP contribution in [0.15, 0.2) is 29.8 Å². The third-order valence-electron chi connectivity index (χ3n) is 3.63. The molecule has 1 saturated heterocycles. The van der Waals surface area contributed by atoms with Crippen molar-refractivity contribution in [2.24, 2.45) is 0 Å². The fourth-order valence-corrected chi connectivity index (χ4v) is 3.31. The Morgan fingerprint density at radius 2 is 2.40 bits per heavy atom. The number of carbonyl (C=O) groups is 1. The molecule has 0 saturated carbocycles. The topological polar surface area (TPSA) is 46.1 Å². The first-order valence-electron chi connectivity index (χ1n) is 6.87. The van der Waals surface area contributed by atoms with Gasteiger partial charge in [0.25, 0.3) is 0 Å². The quantitative estimate of drug-likeness (QED) is 0.811. The van der Waals surface area contributed by atoms with Crippen molar-refractivity contribution in [1.82, 2.24) is 9.97 Å². The Kier molecular flexibility index (Phi) is 3.78. The zero-order valence-electron chi connectivity index (χ0n) is 11.5. The van der Waals surface area contributed by atoms with E-state index in [9.17, 15) is 4.79 Å². The van der Waals surface area contributed by atoms with Crippen LogP contribution in [0, 0.1) is 6.92 Å². The molecule has 2 aromatic heterocycles. The molecule has 3 heterocycles. The predicted molar refractivity (Wildman–Crippen MR) is 80.4 cm³/mol. The Hall–Kier alpha value is -1.75. The van der Waals surface area contributed by atoms with Crippen LogP contribution >= 0.6 is 11.3 Å². The van der Waals surface area contributed by atoms with E-state index in [1.807, 2.05) is 30.5 Å². The van der Waals surface area contributed by atoms with Gasteiger partial charge in [-0.2, -0.15) is 0 Å². The van der Waals surface area contributed by atoms with Crippen LogP contribution in [0.25, 0.3) is 0 Å². The third kappa shape index (κ3) is 2.72. The SMILES string of the molecule is Cc1ccnc(N2CCCC2CC(=O)c2cccs2)n1. The molecule has 0 bridgehead atoms. The minimum atomic E-state index is 0.226. The Balaban J connectivity index is 1.74. The highest BCUT2D eigenvalue weighted by atomic mass is 32.1. The van der Waals surface area contributed by atoms with Gasteiger partial charge in [0, 0.05) is 30.9 Å². The molecule has 3 rings (SSSR count). The zero-order valence-corrected chi connectivity index (χ0v) is 12.3. The van der Waals surface area contributed by atoms with Gasteiger partial charge in [-0.1, -0.05) is 6.07 Å². The van der Waals surface area contributed by atoms with Gasteiger partial charge in [0.1, 0.15) is 0 Å². The number of nitrogens with zero attached hydrogens (tertiary/aromatic N) is 3. The van der Waals surface area contributed by atoms with Gasteiger partial charge < -0.3 is 4.90 Å². The molecule has 2 aromatic rings. The smallest absolute Gasteiger partial charge is 0.225 e. The Labute approximate surface area is 122 Å². The number of rotatable bonds is 4. The Morgan fingerprint density at radius 3 is 3.15 bits per heavy atom. The van der Waals surface area contributed by atoms with Crippen LogP contribution in [0.3, 0.4) is 0 Å². The van der Waals surface area contributed by atoms with E-state index in [0.717, 1.165) is 35.9 Å². The number of carbonyl (C=O) groups excluding carboxylic acids is 1. The molecule has 0 N–H and O–H groups in total. The molecule has 4 nitrogen and oxygen atoms in total. The molecule has 0 amide bonds. The summed E-state index contributed by atoms with van der Waals surface area (Å²) in [6.07, 6.45) is 4.47. The molecule has 0 aliphatic carbocycles. The van der Waals surface area contributed by atoms with E-state index in [2.05, 4.69) is 14.9 Å². The summed E-state index contributed by atoms with van der Waals surface area (Å²) in [5.74, 6) is 0.982. The van der Waals surface area contributed by atoms with Crippen molar-refractivity contribution >= 4 is 23.1 Å². The number of hydrogen-bond acceptors (Lipinski definition) is 5. The molecule has 5 heteroatoms. The Bertz CT molecular complexity index is 597. The minimum absolute atomic E-state index is 0.226. The van der Waals surface area contributed by atoms with Crippen molar-refractivity contribution in [3.8, 4) is 0 Å². The molecule has 104 valence electrons. The summed E-state index contributed by atoms with van der Waals surface area (Å²) in [7, 11) is 0. The lowest BCUT2D eigenvalue weighted by atomic mass is 10.1. The van der Waals surface area contributed by atoms with Gasteiger partial charge in [-0.25, -0.2) is 9.97 Å². The summed E-state index contributed by atoms with van der Waals surface area (Å²) in [6, 6.07) is 5.95. The maximum atomic E-state index is 12.2. The second kappa shape index (κ2) is 5.71. The first-order valence-corrected chi connectivity index (χ1v) is 7.75. The molecular weight excluding hydrogens is 270 g/mol. The molecule has 1 aliphatic rings. The standard InChI is InChI=1S/C15H17N3OS/c1-11-6-7-16-15(17-11)18-8-2-4-12(18)10-13(19)14-5-3-9-20-14/h3,5-7,9,12H,2,4,8,10H2,1H3. The molecule has 0 spiro atoms. The zero-order chi connectivity index (χ0) is 13.9. The first kappa shape index (κ1) is 13.2. The number of aromatic nitrogens is 2. The van der Waals surface area contributed by atoms with Gasteiger partial charge in [0.05, 0.1) is 4.88 Å². The van der Waals surface area contributed by atoms with E-state index in [1.165, 1.54) is 11.3 Å². The predicted octanol–water partition coefficient (Wildman–Crippen LogP) is 3.09. The van der Waals surface area contributed by atoms with E-state index in [0.29, 0.717) is 6.42 Å². The monoisotopic (exact) mass is 287 g/mol. The lowest BCUT2D eigenvalue weighted by Gasteiger charge is -2.24. The molecular formula is C15H17N3OS. The number of anilines is 1. The van der Waals surface area contributed by atoms with Gasteiger partial charge >= 0.3 is 0 Å². The summed E-state index contributed by atoms with van der Waals surface area (Å²) < 4.78 is 0. The van der Waals surface area contributed by atoms with Gasteiger partial charge in [0.15, 0.2) is 5.78 Å². The molecule has 0 radical (unpaired) electrons. The maximum Gasteiger partial charge on any atom is 0.225 e. The fourth-order valence-electron chi connectivity index (χ4n) is 2.64. The number of thiophene rings is 1. The van der Waals surface area contributed by atoms with Gasteiger partial charge in [-0.15, -0.1) is 11.3 Å². The van der Waals surface area contributed by atoms with E-state index in [1.54, 1.807) is 6.20 Å². The fraction of sp³-hybridized carbons (Fsp3) is 0.400. The second-order valence-electron chi connectivity index (χ2n) is 5.09. The number of hydrogen-bond donors (Lipinski definition) is 0. The molecule has 1 unspecified atom stereocenters. The molecule has 20 heavy (non-hydrogen) atoms. The highest BCUT2D eigenvalue weighted by Gasteiger charge is 2.29. The van der Waals surface area contributed by atoms with E-state index < -0.39 is 0 Å². The van der Waals surface area contributed by atoms with Crippen molar-refractivity contribution in [2.45, 2.75) is 32.2 Å². The van der Waals surface area contributed by atoms with Crippen LogP contribution in [0.4, 0.5) is 5.95 Å². The van der Waals surface area contributed by atoms with Gasteiger partial charge in [-0.3, -0.25) is 4.79 Å². The van der Waals surface area contributed by atoms with Crippen molar-refractivity contribution in [1.29, 1.82) is 0 Å². The van der Waals surface area contributed by atoms with Crippen LogP contribution in [0.1, 0.15) is 34.6 Å². The summed E-state index contributed by atoms with van der Waals surface area (Å²) in [5, 5.41) is 1.95. The number of aryl methyl sites for hydroxylation is 1. The maximum absolute atomic E-state index is 12.2. The number of ketones is 1. The molecule has 0 aromatic carbocycles. The minimum Gasteiger partial charge on any atom is -0.337 e. The lowest BCUT2D eigenvalue weighted by molar-refractivity contribution is 0.0978. The average Bonchev–Trinajstić information content (AvgIpc) is 3.09. The third-order valence-corrected chi connectivity index (χ3v) is 4.54. The van der Waals surface area contributed by atoms with Crippen LogP contribution in [-0.2, 0) is 0 Å². The summed E-state index contributed by atoms with van der Waals surface area (Å²) in [4.78, 5) is 24.1. The average molecular weight is 287 g/mol.